The Morgan fingerprint density at radius 2 is 1.68 bits per heavy atom. The van der Waals surface area contributed by atoms with Gasteiger partial charge in [-0.05, 0) is 24.3 Å². The monoisotopic (exact) mass is 343 g/mol. The maximum Gasteiger partial charge on any atom is 0.249 e. The van der Waals surface area contributed by atoms with Gasteiger partial charge in [-0.1, -0.05) is 0 Å². The topological polar surface area (TPSA) is 81.2 Å². The number of ether oxygens (including phenoxy) is 2. The molecule has 126 valence electrons. The van der Waals surface area contributed by atoms with Crippen LogP contribution in [-0.4, -0.2) is 22.0 Å². The lowest BCUT2D eigenvalue weighted by molar-refractivity contribution is 0.174. The number of halogens is 2. The standard InChI is InChI=1S/C16H11F2N5O2/c17-11-3-1-9(5-12(11)18)21-16-22-15(7-19-23-16)20-10-2-4-13-14(6-10)25-8-24-13/h1-7H,8H2,(H2,20,21,22,23). The van der Waals surface area contributed by atoms with E-state index in [1.165, 1.54) is 12.3 Å². The summed E-state index contributed by atoms with van der Waals surface area (Å²) in [5.74, 6) is -0.0367. The van der Waals surface area contributed by atoms with E-state index >= 15 is 0 Å². The Morgan fingerprint density at radius 1 is 0.880 bits per heavy atom. The average Bonchev–Trinajstić information content (AvgIpc) is 3.06. The number of benzene rings is 2. The van der Waals surface area contributed by atoms with E-state index in [0.29, 0.717) is 23.0 Å². The molecule has 2 aromatic carbocycles. The molecule has 0 spiro atoms. The van der Waals surface area contributed by atoms with E-state index in [9.17, 15) is 8.78 Å². The van der Waals surface area contributed by atoms with E-state index in [-0.39, 0.29) is 12.7 Å². The number of nitrogens with zero attached hydrogens (tertiary/aromatic N) is 3. The van der Waals surface area contributed by atoms with Crippen LogP contribution >= 0.6 is 0 Å². The second kappa shape index (κ2) is 6.19. The first-order valence-electron chi connectivity index (χ1n) is 7.26. The molecule has 1 aliphatic heterocycles. The van der Waals surface area contributed by atoms with Gasteiger partial charge in [-0.15, -0.1) is 5.10 Å². The highest BCUT2D eigenvalue weighted by Crippen LogP contribution is 2.34. The summed E-state index contributed by atoms with van der Waals surface area (Å²) < 4.78 is 36.8. The Morgan fingerprint density at radius 3 is 2.56 bits per heavy atom. The minimum atomic E-state index is -0.965. The Balaban J connectivity index is 1.52. The first-order valence-corrected chi connectivity index (χ1v) is 7.26. The Kier molecular flexibility index (Phi) is 3.73. The van der Waals surface area contributed by atoms with Gasteiger partial charge in [0, 0.05) is 23.5 Å². The van der Waals surface area contributed by atoms with Crippen LogP contribution in [0.15, 0.2) is 42.6 Å². The van der Waals surface area contributed by atoms with Crippen LogP contribution in [0.3, 0.4) is 0 Å². The van der Waals surface area contributed by atoms with Crippen LogP contribution in [0, 0.1) is 11.6 Å². The summed E-state index contributed by atoms with van der Waals surface area (Å²) in [4.78, 5) is 4.22. The minimum Gasteiger partial charge on any atom is -0.454 e. The summed E-state index contributed by atoms with van der Waals surface area (Å²) in [6.07, 6.45) is 1.43. The minimum absolute atomic E-state index is 0.136. The molecule has 3 aromatic rings. The van der Waals surface area contributed by atoms with Crippen LogP contribution < -0.4 is 20.1 Å². The fourth-order valence-electron chi connectivity index (χ4n) is 2.24. The van der Waals surface area contributed by atoms with Crippen LogP contribution in [0.2, 0.25) is 0 Å². The van der Waals surface area contributed by atoms with Crippen LogP contribution in [0.25, 0.3) is 0 Å². The highest BCUT2D eigenvalue weighted by Gasteiger charge is 2.13. The molecule has 0 saturated heterocycles. The Bertz CT molecular complexity index is 938. The first-order chi connectivity index (χ1) is 12.2. The number of anilines is 4. The highest BCUT2D eigenvalue weighted by atomic mass is 19.2. The molecule has 1 aliphatic rings. The molecule has 9 heteroatoms. The second-order valence-corrected chi connectivity index (χ2v) is 5.11. The molecule has 0 bridgehead atoms. The van der Waals surface area contributed by atoms with Crippen molar-refractivity contribution in [2.45, 2.75) is 0 Å². The fourth-order valence-corrected chi connectivity index (χ4v) is 2.24. The zero-order chi connectivity index (χ0) is 17.2. The van der Waals surface area contributed by atoms with E-state index in [0.717, 1.165) is 17.8 Å². The van der Waals surface area contributed by atoms with Gasteiger partial charge in [0.1, 0.15) is 0 Å². The van der Waals surface area contributed by atoms with Gasteiger partial charge in [-0.3, -0.25) is 0 Å². The molecule has 25 heavy (non-hydrogen) atoms. The van der Waals surface area contributed by atoms with Crippen LogP contribution in [0.1, 0.15) is 0 Å². The van der Waals surface area contributed by atoms with Gasteiger partial charge < -0.3 is 20.1 Å². The van der Waals surface area contributed by atoms with Crippen molar-refractivity contribution in [2.24, 2.45) is 0 Å². The molecule has 7 nitrogen and oxygen atoms in total. The van der Waals surface area contributed by atoms with Gasteiger partial charge >= 0.3 is 0 Å². The van der Waals surface area contributed by atoms with E-state index in [4.69, 9.17) is 9.47 Å². The Labute approximate surface area is 140 Å². The molecular formula is C16H11F2N5O2. The molecule has 0 saturated carbocycles. The number of rotatable bonds is 4. The van der Waals surface area contributed by atoms with Crippen LogP contribution in [0.5, 0.6) is 11.5 Å². The molecule has 1 aromatic heterocycles. The molecule has 0 fully saturated rings. The molecule has 0 aliphatic carbocycles. The summed E-state index contributed by atoms with van der Waals surface area (Å²) in [6, 6.07) is 8.75. The van der Waals surface area contributed by atoms with E-state index in [1.807, 2.05) is 0 Å². The lowest BCUT2D eigenvalue weighted by Gasteiger charge is -2.08. The molecule has 4 rings (SSSR count). The van der Waals surface area contributed by atoms with Gasteiger partial charge in [0.05, 0.1) is 6.20 Å². The van der Waals surface area contributed by atoms with Crippen molar-refractivity contribution in [3.63, 3.8) is 0 Å². The predicted molar refractivity (Wildman–Crippen MR) is 85.3 cm³/mol. The number of nitrogens with one attached hydrogen (secondary N) is 2. The smallest absolute Gasteiger partial charge is 0.249 e. The molecule has 2 N–H and O–H groups in total. The summed E-state index contributed by atoms with van der Waals surface area (Å²) in [6.45, 7) is 0.191. The number of hydrogen-bond donors (Lipinski definition) is 2. The van der Waals surface area contributed by atoms with Crippen molar-refractivity contribution < 1.29 is 18.3 Å². The van der Waals surface area contributed by atoms with Crippen LogP contribution in [0.4, 0.5) is 31.9 Å². The van der Waals surface area contributed by atoms with Crippen molar-refractivity contribution in [2.75, 3.05) is 17.4 Å². The van der Waals surface area contributed by atoms with E-state index < -0.39 is 11.6 Å². The summed E-state index contributed by atoms with van der Waals surface area (Å²) in [5.41, 5.74) is 1.03. The van der Waals surface area contributed by atoms with E-state index in [2.05, 4.69) is 25.8 Å². The third-order valence-electron chi connectivity index (χ3n) is 3.38. The maximum atomic E-state index is 13.3. The van der Waals surface area contributed by atoms with Gasteiger partial charge in [0.25, 0.3) is 0 Å². The zero-order valence-corrected chi connectivity index (χ0v) is 12.7. The third kappa shape index (κ3) is 3.25. The van der Waals surface area contributed by atoms with Crippen molar-refractivity contribution >= 4 is 23.1 Å². The summed E-state index contributed by atoms with van der Waals surface area (Å²) in [5, 5.41) is 13.5. The van der Waals surface area contributed by atoms with E-state index in [1.54, 1.807) is 18.2 Å². The van der Waals surface area contributed by atoms with Crippen molar-refractivity contribution in [1.29, 1.82) is 0 Å². The lowest BCUT2D eigenvalue weighted by Crippen LogP contribution is -2.02. The maximum absolute atomic E-state index is 13.3. The normalized spacial score (nSPS) is 12.1. The van der Waals surface area contributed by atoms with Crippen molar-refractivity contribution in [1.82, 2.24) is 15.2 Å². The summed E-state index contributed by atoms with van der Waals surface area (Å²) in [7, 11) is 0. The van der Waals surface area contributed by atoms with Crippen molar-refractivity contribution in [3.05, 3.63) is 54.2 Å². The molecule has 0 unspecified atom stereocenters. The van der Waals surface area contributed by atoms with Crippen molar-refractivity contribution in [3.8, 4) is 11.5 Å². The fraction of sp³-hybridized carbons (Fsp3) is 0.0625. The SMILES string of the molecule is Fc1ccc(Nc2nncc(Nc3ccc4c(c3)OCO4)n2)cc1F. The van der Waals surface area contributed by atoms with Gasteiger partial charge in [-0.2, -0.15) is 10.1 Å². The highest BCUT2D eigenvalue weighted by molar-refractivity contribution is 5.62. The number of hydrogen-bond acceptors (Lipinski definition) is 7. The number of aromatic nitrogens is 3. The third-order valence-corrected chi connectivity index (χ3v) is 3.38. The molecule has 0 atom stereocenters. The Hall–Kier alpha value is -3.49. The molecule has 0 amide bonds. The second-order valence-electron chi connectivity index (χ2n) is 5.11. The van der Waals surface area contributed by atoms with Gasteiger partial charge in [0.2, 0.25) is 12.7 Å². The molecular weight excluding hydrogens is 332 g/mol. The zero-order valence-electron chi connectivity index (χ0n) is 12.7. The first kappa shape index (κ1) is 15.1. The lowest BCUT2D eigenvalue weighted by atomic mass is 10.3. The van der Waals surface area contributed by atoms with Gasteiger partial charge in [-0.25, -0.2) is 8.78 Å². The molecule has 0 radical (unpaired) electrons. The van der Waals surface area contributed by atoms with Crippen LogP contribution in [-0.2, 0) is 0 Å². The number of fused-ring (bicyclic) bond motifs is 1. The molecule has 2 heterocycles. The summed E-state index contributed by atoms with van der Waals surface area (Å²) >= 11 is 0. The predicted octanol–water partition coefficient (Wildman–Crippen LogP) is 3.37. The van der Waals surface area contributed by atoms with Gasteiger partial charge in [0.15, 0.2) is 29.0 Å². The quantitative estimate of drug-likeness (QED) is 0.752. The largest absolute Gasteiger partial charge is 0.454 e. The average molecular weight is 343 g/mol.